The Morgan fingerprint density at radius 2 is 1.54 bits per heavy atom. The van der Waals surface area contributed by atoms with E-state index in [0.717, 1.165) is 0 Å². The molecular weight excluding hydrogens is 370 g/mol. The SMILES string of the molecule is CC(C)(C)OC(=O)[C@H]1C[C@H](OC(=O)CCCC(=O)O)CN1C(=O)OC(C)(C)C. The second-order valence-electron chi connectivity index (χ2n) is 8.78. The molecule has 0 unspecified atom stereocenters. The maximum absolute atomic E-state index is 12.5. The highest BCUT2D eigenvalue weighted by molar-refractivity contribution is 5.83. The maximum atomic E-state index is 12.5. The number of hydrogen-bond acceptors (Lipinski definition) is 7. The highest BCUT2D eigenvalue weighted by atomic mass is 16.6. The number of carbonyl (C=O) groups excluding carboxylic acids is 3. The van der Waals surface area contributed by atoms with Gasteiger partial charge < -0.3 is 19.3 Å². The second-order valence-corrected chi connectivity index (χ2v) is 8.78. The second kappa shape index (κ2) is 9.25. The lowest BCUT2D eigenvalue weighted by atomic mass is 10.1. The molecule has 1 aliphatic heterocycles. The number of aliphatic carboxylic acids is 1. The minimum atomic E-state index is -0.991. The molecule has 1 saturated heterocycles. The summed E-state index contributed by atoms with van der Waals surface area (Å²) in [7, 11) is 0. The molecule has 0 aromatic heterocycles. The molecule has 9 heteroatoms. The van der Waals surface area contributed by atoms with Crippen molar-refractivity contribution in [2.24, 2.45) is 0 Å². The topological polar surface area (TPSA) is 119 Å². The van der Waals surface area contributed by atoms with Crippen LogP contribution in [0.25, 0.3) is 0 Å². The van der Waals surface area contributed by atoms with Gasteiger partial charge in [-0.1, -0.05) is 0 Å². The van der Waals surface area contributed by atoms with E-state index in [-0.39, 0.29) is 32.2 Å². The number of nitrogens with zero attached hydrogens (tertiary/aromatic N) is 1. The van der Waals surface area contributed by atoms with Gasteiger partial charge in [0.15, 0.2) is 0 Å². The number of likely N-dealkylation sites (tertiary alicyclic amines) is 1. The van der Waals surface area contributed by atoms with Gasteiger partial charge in [-0.2, -0.15) is 0 Å². The van der Waals surface area contributed by atoms with Gasteiger partial charge in [0.2, 0.25) is 0 Å². The van der Waals surface area contributed by atoms with Crippen LogP contribution in [0.5, 0.6) is 0 Å². The van der Waals surface area contributed by atoms with Crippen molar-refractivity contribution in [3.05, 3.63) is 0 Å². The first kappa shape index (κ1) is 23.7. The normalized spacial score (nSPS) is 19.9. The summed E-state index contributed by atoms with van der Waals surface area (Å²) >= 11 is 0. The summed E-state index contributed by atoms with van der Waals surface area (Å²) in [6.07, 6.45) is -1.31. The summed E-state index contributed by atoms with van der Waals surface area (Å²) in [6, 6.07) is -0.925. The fourth-order valence-corrected chi connectivity index (χ4v) is 2.63. The average Bonchev–Trinajstić information content (AvgIpc) is 2.87. The predicted octanol–water partition coefficient (Wildman–Crippen LogP) is 2.50. The first-order valence-electron chi connectivity index (χ1n) is 9.31. The lowest BCUT2D eigenvalue weighted by molar-refractivity contribution is -0.160. The van der Waals surface area contributed by atoms with Gasteiger partial charge in [0.1, 0.15) is 23.3 Å². The van der Waals surface area contributed by atoms with E-state index in [1.807, 2.05) is 0 Å². The zero-order valence-corrected chi connectivity index (χ0v) is 17.4. The van der Waals surface area contributed by atoms with Crippen LogP contribution in [0.1, 0.15) is 67.2 Å². The lowest BCUT2D eigenvalue weighted by Gasteiger charge is -2.29. The third-order valence-electron chi connectivity index (χ3n) is 3.64. The van der Waals surface area contributed by atoms with Crippen molar-refractivity contribution >= 4 is 24.0 Å². The van der Waals surface area contributed by atoms with E-state index in [1.165, 1.54) is 4.90 Å². The number of carbonyl (C=O) groups is 4. The molecule has 1 rings (SSSR count). The number of carboxylic acid groups (broad SMARTS) is 1. The van der Waals surface area contributed by atoms with Gasteiger partial charge in [0, 0.05) is 19.3 Å². The van der Waals surface area contributed by atoms with E-state index in [1.54, 1.807) is 41.5 Å². The van der Waals surface area contributed by atoms with Crippen molar-refractivity contribution in [2.45, 2.75) is 90.6 Å². The van der Waals surface area contributed by atoms with E-state index in [0.29, 0.717) is 0 Å². The van der Waals surface area contributed by atoms with Gasteiger partial charge in [-0.3, -0.25) is 14.5 Å². The zero-order chi connectivity index (χ0) is 21.7. The first-order valence-corrected chi connectivity index (χ1v) is 9.31. The standard InChI is InChI=1S/C19H31NO8/c1-18(2,3)27-16(24)13-10-12(26-15(23)9-7-8-14(21)22)11-20(13)17(25)28-19(4,5)6/h12-13H,7-11H2,1-6H3,(H,21,22)/t12-,13+/m0/s1. The summed E-state index contributed by atoms with van der Waals surface area (Å²) < 4.78 is 16.1. The van der Waals surface area contributed by atoms with Crippen LogP contribution in [0.15, 0.2) is 0 Å². The van der Waals surface area contributed by atoms with Crippen LogP contribution >= 0.6 is 0 Å². The van der Waals surface area contributed by atoms with Crippen LogP contribution in [0, 0.1) is 0 Å². The zero-order valence-electron chi connectivity index (χ0n) is 17.4. The van der Waals surface area contributed by atoms with Crippen molar-refractivity contribution in [1.29, 1.82) is 0 Å². The summed E-state index contributed by atoms with van der Waals surface area (Å²) in [5.41, 5.74) is -1.48. The molecule has 1 heterocycles. The van der Waals surface area contributed by atoms with Gasteiger partial charge in [0.05, 0.1) is 6.54 Å². The molecule has 0 bridgehead atoms. The largest absolute Gasteiger partial charge is 0.481 e. The van der Waals surface area contributed by atoms with Crippen LogP contribution in [-0.4, -0.2) is 63.9 Å². The first-order chi connectivity index (χ1) is 12.7. The van der Waals surface area contributed by atoms with Crippen LogP contribution in [0.4, 0.5) is 4.79 Å². The third kappa shape index (κ3) is 8.58. The summed E-state index contributed by atoms with van der Waals surface area (Å²) in [6.45, 7) is 10.3. The van der Waals surface area contributed by atoms with E-state index in [4.69, 9.17) is 19.3 Å². The van der Waals surface area contributed by atoms with Crippen LogP contribution < -0.4 is 0 Å². The minimum absolute atomic E-state index is 0.00347. The molecule has 1 N–H and O–H groups in total. The quantitative estimate of drug-likeness (QED) is 0.532. The molecule has 1 amide bonds. The van der Waals surface area contributed by atoms with Crippen molar-refractivity contribution < 1.29 is 38.5 Å². The third-order valence-corrected chi connectivity index (χ3v) is 3.64. The molecule has 2 atom stereocenters. The predicted molar refractivity (Wildman–Crippen MR) is 98.6 cm³/mol. The molecule has 9 nitrogen and oxygen atoms in total. The van der Waals surface area contributed by atoms with Crippen LogP contribution in [-0.2, 0) is 28.6 Å². The average molecular weight is 401 g/mol. The van der Waals surface area contributed by atoms with Gasteiger partial charge in [-0.15, -0.1) is 0 Å². The summed E-state index contributed by atoms with van der Waals surface area (Å²) in [4.78, 5) is 48.7. The smallest absolute Gasteiger partial charge is 0.411 e. The molecule has 0 spiro atoms. The summed E-state index contributed by atoms with van der Waals surface area (Å²) in [5.74, 6) is -2.15. The Kier molecular flexibility index (Phi) is 7.84. The van der Waals surface area contributed by atoms with Crippen LogP contribution in [0.3, 0.4) is 0 Å². The summed E-state index contributed by atoms with van der Waals surface area (Å²) in [5, 5.41) is 8.63. The van der Waals surface area contributed by atoms with Gasteiger partial charge >= 0.3 is 24.0 Å². The molecular formula is C19H31NO8. The monoisotopic (exact) mass is 401 g/mol. The fourth-order valence-electron chi connectivity index (χ4n) is 2.63. The Labute approximate surface area is 165 Å². The van der Waals surface area contributed by atoms with Gasteiger partial charge in [0.25, 0.3) is 0 Å². The van der Waals surface area contributed by atoms with Crippen LogP contribution in [0.2, 0.25) is 0 Å². The molecule has 1 fully saturated rings. The molecule has 160 valence electrons. The Bertz CT molecular complexity index is 566. The Morgan fingerprint density at radius 3 is 2.04 bits per heavy atom. The Morgan fingerprint density at radius 1 is 0.964 bits per heavy atom. The molecule has 0 aromatic carbocycles. The van der Waals surface area contributed by atoms with Crippen molar-refractivity contribution in [3.63, 3.8) is 0 Å². The number of ether oxygens (including phenoxy) is 3. The number of carboxylic acids is 1. The van der Waals surface area contributed by atoms with Gasteiger partial charge in [-0.05, 0) is 48.0 Å². The number of hydrogen-bond donors (Lipinski definition) is 1. The Balaban J connectivity index is 2.80. The number of rotatable bonds is 6. The lowest BCUT2D eigenvalue weighted by Crippen LogP contribution is -2.45. The molecule has 0 radical (unpaired) electrons. The van der Waals surface area contributed by atoms with Crippen molar-refractivity contribution in [3.8, 4) is 0 Å². The maximum Gasteiger partial charge on any atom is 0.411 e. The molecule has 0 aromatic rings. The van der Waals surface area contributed by atoms with Crippen molar-refractivity contribution in [1.82, 2.24) is 4.90 Å². The van der Waals surface area contributed by atoms with Gasteiger partial charge in [-0.25, -0.2) is 9.59 Å². The number of amides is 1. The van der Waals surface area contributed by atoms with E-state index in [9.17, 15) is 19.2 Å². The molecule has 0 saturated carbocycles. The Hall–Kier alpha value is -2.32. The fraction of sp³-hybridized carbons (Fsp3) is 0.789. The molecule has 0 aliphatic carbocycles. The van der Waals surface area contributed by atoms with E-state index >= 15 is 0 Å². The van der Waals surface area contributed by atoms with E-state index < -0.39 is 47.3 Å². The number of esters is 2. The van der Waals surface area contributed by atoms with Crippen molar-refractivity contribution in [2.75, 3.05) is 6.54 Å². The van der Waals surface area contributed by atoms with E-state index in [2.05, 4.69) is 0 Å². The highest BCUT2D eigenvalue weighted by Gasteiger charge is 2.44. The minimum Gasteiger partial charge on any atom is -0.481 e. The molecule has 28 heavy (non-hydrogen) atoms. The molecule has 1 aliphatic rings. The highest BCUT2D eigenvalue weighted by Crippen LogP contribution is 2.26.